The molecule has 0 spiro atoms. The number of nitrogens with one attached hydrogen (secondary N) is 1. The molecule has 0 saturated carbocycles. The van der Waals surface area contributed by atoms with Crippen molar-refractivity contribution in [2.24, 2.45) is 0 Å². The predicted octanol–water partition coefficient (Wildman–Crippen LogP) is 2.87. The van der Waals surface area contributed by atoms with Gasteiger partial charge in [0, 0.05) is 18.5 Å². The van der Waals surface area contributed by atoms with Gasteiger partial charge in [0.25, 0.3) is 11.8 Å². The monoisotopic (exact) mass is 385 g/mol. The molecular weight excluding hydrogens is 366 g/mol. The van der Waals surface area contributed by atoms with Gasteiger partial charge in [0.1, 0.15) is 11.6 Å². The van der Waals surface area contributed by atoms with Gasteiger partial charge in [-0.05, 0) is 35.4 Å². The van der Waals surface area contributed by atoms with Crippen LogP contribution in [0, 0.1) is 0 Å². The largest absolute Gasteiger partial charge is 0.501 e. The van der Waals surface area contributed by atoms with E-state index in [4.69, 9.17) is 4.74 Å². The number of rotatable bonds is 7. The SMILES string of the molecule is CCOc1ccccc1CNC(=O)c1nc(Cc2ccsc2)nc(O)c1O. The molecule has 7 nitrogen and oxygen atoms in total. The fraction of sp³-hybridized carbons (Fsp3) is 0.211. The van der Waals surface area contributed by atoms with Gasteiger partial charge in [-0.2, -0.15) is 16.3 Å². The molecule has 0 saturated heterocycles. The normalized spacial score (nSPS) is 10.6. The highest BCUT2D eigenvalue weighted by Gasteiger charge is 2.20. The Morgan fingerprint density at radius 1 is 1.22 bits per heavy atom. The summed E-state index contributed by atoms with van der Waals surface area (Å²) in [6.45, 7) is 2.59. The molecule has 0 aliphatic rings. The van der Waals surface area contributed by atoms with Crippen molar-refractivity contribution in [3.8, 4) is 17.4 Å². The molecule has 3 N–H and O–H groups in total. The van der Waals surface area contributed by atoms with Crippen molar-refractivity contribution in [3.63, 3.8) is 0 Å². The van der Waals surface area contributed by atoms with Gasteiger partial charge in [-0.1, -0.05) is 18.2 Å². The van der Waals surface area contributed by atoms with E-state index in [1.165, 1.54) is 11.3 Å². The summed E-state index contributed by atoms with van der Waals surface area (Å²) in [6.07, 6.45) is 0.352. The Morgan fingerprint density at radius 3 is 2.78 bits per heavy atom. The van der Waals surface area contributed by atoms with E-state index in [0.29, 0.717) is 18.8 Å². The number of carbonyl (C=O) groups is 1. The van der Waals surface area contributed by atoms with Gasteiger partial charge in [-0.25, -0.2) is 4.98 Å². The molecule has 27 heavy (non-hydrogen) atoms. The summed E-state index contributed by atoms with van der Waals surface area (Å²) < 4.78 is 5.53. The van der Waals surface area contributed by atoms with Crippen molar-refractivity contribution >= 4 is 17.2 Å². The minimum absolute atomic E-state index is 0.194. The summed E-state index contributed by atoms with van der Waals surface area (Å²) in [5.41, 5.74) is 1.49. The number of benzene rings is 1. The molecule has 1 aromatic carbocycles. The van der Waals surface area contributed by atoms with Gasteiger partial charge < -0.3 is 20.3 Å². The second-order valence-corrected chi connectivity index (χ2v) is 6.47. The van der Waals surface area contributed by atoms with Gasteiger partial charge in [-0.3, -0.25) is 4.79 Å². The van der Waals surface area contributed by atoms with E-state index in [-0.39, 0.29) is 18.1 Å². The summed E-state index contributed by atoms with van der Waals surface area (Å²) in [5, 5.41) is 26.4. The van der Waals surface area contributed by atoms with Crippen LogP contribution in [0.1, 0.15) is 34.4 Å². The number of thiophene rings is 1. The van der Waals surface area contributed by atoms with Crippen molar-refractivity contribution in [2.45, 2.75) is 19.9 Å². The van der Waals surface area contributed by atoms with Gasteiger partial charge in [0.2, 0.25) is 5.75 Å². The maximum atomic E-state index is 12.5. The zero-order chi connectivity index (χ0) is 19.2. The number of aromatic hydroxyl groups is 2. The number of hydrogen-bond donors (Lipinski definition) is 3. The number of aromatic nitrogens is 2. The Bertz CT molecular complexity index is 929. The molecule has 0 fully saturated rings. The highest BCUT2D eigenvalue weighted by molar-refractivity contribution is 7.07. The minimum atomic E-state index is -0.639. The Labute approximate surface area is 160 Å². The van der Waals surface area contributed by atoms with Crippen molar-refractivity contribution in [1.82, 2.24) is 15.3 Å². The first-order valence-electron chi connectivity index (χ1n) is 8.37. The average molecular weight is 385 g/mol. The standard InChI is InChI=1S/C19H19N3O4S/c1-2-26-14-6-4-3-5-13(14)10-20-18(24)16-17(23)19(25)22-15(21-16)9-12-7-8-27-11-12/h3-8,11,23H,2,9-10H2,1H3,(H,20,24)(H,21,22,25). The summed E-state index contributed by atoms with van der Waals surface area (Å²) in [5.74, 6) is -0.936. The molecule has 1 amide bonds. The van der Waals surface area contributed by atoms with E-state index in [1.807, 2.05) is 48.0 Å². The van der Waals surface area contributed by atoms with E-state index in [0.717, 1.165) is 11.1 Å². The van der Waals surface area contributed by atoms with Crippen LogP contribution in [0.5, 0.6) is 17.4 Å². The number of carbonyl (C=O) groups excluding carboxylic acids is 1. The molecule has 0 atom stereocenters. The van der Waals surface area contributed by atoms with Gasteiger partial charge in [-0.15, -0.1) is 0 Å². The van der Waals surface area contributed by atoms with Crippen molar-refractivity contribution in [2.75, 3.05) is 6.61 Å². The number of ether oxygens (including phenoxy) is 1. The minimum Gasteiger partial charge on any atom is -0.501 e. The number of hydrogen-bond acceptors (Lipinski definition) is 7. The first-order chi connectivity index (χ1) is 13.1. The second-order valence-electron chi connectivity index (χ2n) is 5.69. The summed E-state index contributed by atoms with van der Waals surface area (Å²) in [6, 6.07) is 9.25. The highest BCUT2D eigenvalue weighted by atomic mass is 32.1. The second kappa shape index (κ2) is 8.50. The lowest BCUT2D eigenvalue weighted by Gasteiger charge is -2.12. The number of para-hydroxylation sites is 1. The molecule has 2 heterocycles. The molecule has 0 aliphatic heterocycles. The Balaban J connectivity index is 1.77. The molecule has 140 valence electrons. The van der Waals surface area contributed by atoms with Crippen LogP contribution in [0.3, 0.4) is 0 Å². The van der Waals surface area contributed by atoms with Crippen LogP contribution in [-0.2, 0) is 13.0 Å². The van der Waals surface area contributed by atoms with E-state index in [1.54, 1.807) is 0 Å². The molecule has 0 radical (unpaired) electrons. The molecule has 2 aromatic heterocycles. The first-order valence-corrected chi connectivity index (χ1v) is 9.31. The third-order valence-corrected chi connectivity index (χ3v) is 4.51. The Morgan fingerprint density at radius 2 is 2.04 bits per heavy atom. The lowest BCUT2D eigenvalue weighted by atomic mass is 10.2. The van der Waals surface area contributed by atoms with Crippen LogP contribution in [0.4, 0.5) is 0 Å². The molecule has 0 aliphatic carbocycles. The molecule has 0 unspecified atom stereocenters. The van der Waals surface area contributed by atoms with Gasteiger partial charge in [0.15, 0.2) is 5.69 Å². The van der Waals surface area contributed by atoms with Crippen LogP contribution in [0.15, 0.2) is 41.1 Å². The van der Waals surface area contributed by atoms with Crippen LogP contribution in [0.2, 0.25) is 0 Å². The molecular formula is C19H19N3O4S. The Kier molecular flexibility index (Phi) is 5.87. The van der Waals surface area contributed by atoms with E-state index < -0.39 is 17.5 Å². The lowest BCUT2D eigenvalue weighted by molar-refractivity contribution is 0.0941. The fourth-order valence-corrected chi connectivity index (χ4v) is 3.18. The third kappa shape index (κ3) is 4.53. The summed E-state index contributed by atoms with van der Waals surface area (Å²) >= 11 is 1.53. The highest BCUT2D eigenvalue weighted by Crippen LogP contribution is 2.26. The van der Waals surface area contributed by atoms with E-state index in [9.17, 15) is 15.0 Å². The molecule has 8 heteroatoms. The molecule has 3 aromatic rings. The van der Waals surface area contributed by atoms with Crippen LogP contribution < -0.4 is 10.1 Å². The molecule has 3 rings (SSSR count). The quantitative estimate of drug-likeness (QED) is 0.578. The maximum Gasteiger partial charge on any atom is 0.274 e. The van der Waals surface area contributed by atoms with Crippen LogP contribution >= 0.6 is 11.3 Å². The fourth-order valence-electron chi connectivity index (χ4n) is 2.51. The lowest BCUT2D eigenvalue weighted by Crippen LogP contribution is -2.25. The van der Waals surface area contributed by atoms with E-state index in [2.05, 4.69) is 15.3 Å². The first kappa shape index (κ1) is 18.7. The maximum absolute atomic E-state index is 12.5. The van der Waals surface area contributed by atoms with Crippen molar-refractivity contribution in [1.29, 1.82) is 0 Å². The summed E-state index contributed by atoms with van der Waals surface area (Å²) in [7, 11) is 0. The van der Waals surface area contributed by atoms with Crippen LogP contribution in [0.25, 0.3) is 0 Å². The topological polar surface area (TPSA) is 105 Å². The van der Waals surface area contributed by atoms with Crippen molar-refractivity contribution < 1.29 is 19.7 Å². The number of amides is 1. The van der Waals surface area contributed by atoms with Gasteiger partial charge in [0.05, 0.1) is 6.61 Å². The smallest absolute Gasteiger partial charge is 0.274 e. The zero-order valence-corrected chi connectivity index (χ0v) is 15.5. The van der Waals surface area contributed by atoms with Gasteiger partial charge >= 0.3 is 0 Å². The third-order valence-electron chi connectivity index (χ3n) is 3.78. The Hall–Kier alpha value is -3.13. The van der Waals surface area contributed by atoms with E-state index >= 15 is 0 Å². The average Bonchev–Trinajstić information content (AvgIpc) is 3.17. The number of nitrogens with zero attached hydrogens (tertiary/aromatic N) is 2. The zero-order valence-electron chi connectivity index (χ0n) is 14.7. The summed E-state index contributed by atoms with van der Waals surface area (Å²) in [4.78, 5) is 20.5. The van der Waals surface area contributed by atoms with Crippen molar-refractivity contribution in [3.05, 3.63) is 63.7 Å². The molecule has 0 bridgehead atoms. The van der Waals surface area contributed by atoms with Crippen LogP contribution in [-0.4, -0.2) is 32.7 Å². The predicted molar refractivity (Wildman–Crippen MR) is 101 cm³/mol.